The maximum absolute atomic E-state index is 13.0. The van der Waals surface area contributed by atoms with Crippen LogP contribution in [-0.4, -0.2) is 81.0 Å². The van der Waals surface area contributed by atoms with Gasteiger partial charge in [-0.1, -0.05) is 36.4 Å². The lowest BCUT2D eigenvalue weighted by atomic mass is 9.98. The molecule has 200 valence electrons. The number of carbonyl (C=O) groups excluding carboxylic acids is 2. The molecule has 2 aliphatic rings. The highest BCUT2D eigenvalue weighted by atomic mass is 16.3. The van der Waals surface area contributed by atoms with E-state index in [1.165, 1.54) is 6.42 Å². The quantitative estimate of drug-likeness (QED) is 0.398. The lowest BCUT2D eigenvalue weighted by Crippen LogP contribution is -2.54. The molecule has 0 unspecified atom stereocenters. The van der Waals surface area contributed by atoms with Crippen molar-refractivity contribution in [3.63, 3.8) is 0 Å². The molecule has 39 heavy (non-hydrogen) atoms. The van der Waals surface area contributed by atoms with Gasteiger partial charge in [0, 0.05) is 62.0 Å². The molecule has 0 atom stereocenters. The topological polar surface area (TPSA) is 92.8 Å². The Morgan fingerprint density at radius 2 is 1.51 bits per heavy atom. The van der Waals surface area contributed by atoms with Gasteiger partial charge < -0.3 is 24.8 Å². The Labute approximate surface area is 227 Å². The number of hydrogen-bond acceptors (Lipinski definition) is 4. The summed E-state index contributed by atoms with van der Waals surface area (Å²) in [5.41, 5.74) is 5.01. The molecular formula is C31H33N5O3. The molecule has 2 fully saturated rings. The van der Waals surface area contributed by atoms with Gasteiger partial charge in [-0.15, -0.1) is 0 Å². The summed E-state index contributed by atoms with van der Waals surface area (Å²) in [5.74, 6) is 0.281. The van der Waals surface area contributed by atoms with E-state index in [0.29, 0.717) is 32.6 Å². The molecule has 2 N–H and O–H groups in total. The molecule has 2 aliphatic heterocycles. The van der Waals surface area contributed by atoms with Crippen molar-refractivity contribution < 1.29 is 14.7 Å². The molecule has 3 amide bonds. The van der Waals surface area contributed by atoms with E-state index in [1.807, 2.05) is 69.3 Å². The van der Waals surface area contributed by atoms with Gasteiger partial charge in [-0.25, -0.2) is 4.79 Å². The maximum atomic E-state index is 13.0. The zero-order chi connectivity index (χ0) is 26.8. The Kier molecular flexibility index (Phi) is 6.92. The number of likely N-dealkylation sites (tertiary alicyclic amines) is 1. The number of benzene rings is 2. The summed E-state index contributed by atoms with van der Waals surface area (Å²) in [6.07, 6.45) is 7.19. The second-order valence-corrected chi connectivity index (χ2v) is 10.4. The van der Waals surface area contributed by atoms with Crippen LogP contribution >= 0.6 is 0 Å². The van der Waals surface area contributed by atoms with Gasteiger partial charge in [-0.3, -0.25) is 9.78 Å². The molecule has 2 saturated heterocycles. The van der Waals surface area contributed by atoms with Crippen LogP contribution in [0.3, 0.4) is 0 Å². The van der Waals surface area contributed by atoms with Gasteiger partial charge in [0.05, 0.1) is 23.8 Å². The fourth-order valence-corrected chi connectivity index (χ4v) is 5.63. The monoisotopic (exact) mass is 523 g/mol. The number of H-pyrrole nitrogens is 1. The zero-order valence-corrected chi connectivity index (χ0v) is 22.0. The number of pyridine rings is 1. The van der Waals surface area contributed by atoms with E-state index in [4.69, 9.17) is 0 Å². The van der Waals surface area contributed by atoms with Gasteiger partial charge in [-0.05, 0) is 48.6 Å². The number of nitrogens with one attached hydrogen (secondary N) is 1. The molecule has 2 aromatic carbocycles. The molecule has 8 heteroatoms. The Balaban J connectivity index is 1.09. The Hall–Kier alpha value is -4.33. The van der Waals surface area contributed by atoms with Gasteiger partial charge in [0.1, 0.15) is 5.75 Å². The first-order valence-corrected chi connectivity index (χ1v) is 13.7. The summed E-state index contributed by atoms with van der Waals surface area (Å²) in [7, 11) is 0. The molecule has 8 nitrogen and oxygen atoms in total. The fourth-order valence-electron chi connectivity index (χ4n) is 5.63. The highest BCUT2D eigenvalue weighted by Gasteiger charge is 2.27. The second-order valence-electron chi connectivity index (χ2n) is 10.4. The third-order valence-electron chi connectivity index (χ3n) is 7.90. The zero-order valence-electron chi connectivity index (χ0n) is 22.0. The summed E-state index contributed by atoms with van der Waals surface area (Å²) in [6, 6.07) is 17.6. The maximum Gasteiger partial charge on any atom is 0.320 e. The first-order chi connectivity index (χ1) is 19.1. The van der Waals surface area contributed by atoms with Crippen LogP contribution in [0.2, 0.25) is 0 Å². The van der Waals surface area contributed by atoms with Gasteiger partial charge in [0.25, 0.3) is 0 Å². The van der Waals surface area contributed by atoms with Gasteiger partial charge in [-0.2, -0.15) is 0 Å². The van der Waals surface area contributed by atoms with Crippen molar-refractivity contribution in [3.8, 4) is 28.1 Å². The van der Waals surface area contributed by atoms with Crippen molar-refractivity contribution in [2.24, 2.45) is 0 Å². The number of aromatic hydroxyl groups is 1. The number of phenols is 1. The SMILES string of the molecule is O=C(Cc1ccc(-c2cccc(-c3cc4ccncc4[nH]3)c2O)cc1)N1CCN(C(=O)N2CCCCC2)CC1. The lowest BCUT2D eigenvalue weighted by molar-refractivity contribution is -0.131. The second kappa shape index (κ2) is 10.8. The average molecular weight is 524 g/mol. The normalized spacial score (nSPS) is 16.1. The van der Waals surface area contributed by atoms with Crippen LogP contribution in [0, 0.1) is 0 Å². The van der Waals surface area contributed by atoms with Crippen molar-refractivity contribution in [2.45, 2.75) is 25.7 Å². The van der Waals surface area contributed by atoms with Crippen LogP contribution in [0.1, 0.15) is 24.8 Å². The van der Waals surface area contributed by atoms with E-state index < -0.39 is 0 Å². The van der Waals surface area contributed by atoms with E-state index in [0.717, 1.165) is 64.8 Å². The number of aromatic nitrogens is 2. The number of carbonyl (C=O) groups is 2. The average Bonchev–Trinajstić information content (AvgIpc) is 3.42. The molecule has 0 spiro atoms. The predicted molar refractivity (Wildman–Crippen MR) is 151 cm³/mol. The highest BCUT2D eigenvalue weighted by molar-refractivity contribution is 5.89. The van der Waals surface area contributed by atoms with Gasteiger partial charge >= 0.3 is 6.03 Å². The number of piperazine rings is 1. The van der Waals surface area contributed by atoms with E-state index in [1.54, 1.807) is 12.4 Å². The van der Waals surface area contributed by atoms with Crippen LogP contribution in [-0.2, 0) is 11.2 Å². The predicted octanol–water partition coefficient (Wildman–Crippen LogP) is 4.90. The van der Waals surface area contributed by atoms with E-state index in [9.17, 15) is 14.7 Å². The van der Waals surface area contributed by atoms with Crippen molar-refractivity contribution in [1.82, 2.24) is 24.7 Å². The lowest BCUT2D eigenvalue weighted by Gasteiger charge is -2.38. The van der Waals surface area contributed by atoms with Gasteiger partial charge in [0.2, 0.25) is 5.91 Å². The Morgan fingerprint density at radius 1 is 0.821 bits per heavy atom. The van der Waals surface area contributed by atoms with Crippen LogP contribution < -0.4 is 0 Å². The number of para-hydroxylation sites is 1. The summed E-state index contributed by atoms with van der Waals surface area (Å²) >= 11 is 0. The molecule has 2 aromatic heterocycles. The smallest absolute Gasteiger partial charge is 0.320 e. The minimum absolute atomic E-state index is 0.0750. The van der Waals surface area contributed by atoms with E-state index in [-0.39, 0.29) is 17.7 Å². The highest BCUT2D eigenvalue weighted by Crippen LogP contribution is 2.38. The third kappa shape index (κ3) is 5.19. The molecule has 0 radical (unpaired) electrons. The minimum atomic E-state index is 0.0750. The first-order valence-electron chi connectivity index (χ1n) is 13.7. The standard InChI is InChI=1S/C31H33N5O3/c37-29(34-15-17-36(18-16-34)31(39)35-13-2-1-3-14-35)19-22-7-9-23(10-8-22)25-5-4-6-26(30(25)38)27-20-24-11-12-32-21-28(24)33-27/h4-12,20-21,33,38H,1-3,13-19H2. The fraction of sp³-hybridized carbons (Fsp3) is 0.323. The summed E-state index contributed by atoms with van der Waals surface area (Å²) in [5, 5.41) is 12.2. The number of rotatable bonds is 4. The van der Waals surface area contributed by atoms with Crippen LogP contribution in [0.15, 0.2) is 67.0 Å². The van der Waals surface area contributed by atoms with Gasteiger partial charge in [0.15, 0.2) is 0 Å². The number of phenolic OH excluding ortho intramolecular Hbond substituents is 1. The molecule has 0 aliphatic carbocycles. The summed E-state index contributed by atoms with van der Waals surface area (Å²) < 4.78 is 0. The number of aromatic amines is 1. The van der Waals surface area contributed by atoms with E-state index in [2.05, 4.69) is 9.97 Å². The molecular weight excluding hydrogens is 490 g/mol. The number of nitrogens with zero attached hydrogens (tertiary/aromatic N) is 4. The van der Waals surface area contributed by atoms with Crippen molar-refractivity contribution in [3.05, 3.63) is 72.6 Å². The van der Waals surface area contributed by atoms with Crippen molar-refractivity contribution >= 4 is 22.8 Å². The summed E-state index contributed by atoms with van der Waals surface area (Å²) in [4.78, 5) is 38.9. The molecule has 0 saturated carbocycles. The number of fused-ring (bicyclic) bond motifs is 1. The van der Waals surface area contributed by atoms with Crippen molar-refractivity contribution in [2.75, 3.05) is 39.3 Å². The third-order valence-corrected chi connectivity index (χ3v) is 7.90. The number of piperidine rings is 1. The van der Waals surface area contributed by atoms with Crippen LogP contribution in [0.5, 0.6) is 5.75 Å². The van der Waals surface area contributed by atoms with Crippen LogP contribution in [0.4, 0.5) is 4.79 Å². The number of amides is 3. The largest absolute Gasteiger partial charge is 0.507 e. The number of urea groups is 1. The minimum Gasteiger partial charge on any atom is -0.507 e. The Bertz CT molecular complexity index is 1450. The van der Waals surface area contributed by atoms with Crippen LogP contribution in [0.25, 0.3) is 33.3 Å². The molecule has 0 bridgehead atoms. The molecule has 6 rings (SSSR count). The summed E-state index contributed by atoms with van der Waals surface area (Å²) in [6.45, 7) is 4.00. The molecule has 4 aromatic rings. The molecule has 4 heterocycles. The Morgan fingerprint density at radius 3 is 2.26 bits per heavy atom. The van der Waals surface area contributed by atoms with Crippen molar-refractivity contribution in [1.29, 1.82) is 0 Å². The number of hydrogen-bond donors (Lipinski definition) is 2. The van der Waals surface area contributed by atoms with E-state index >= 15 is 0 Å². The first kappa shape index (κ1) is 25.0.